The van der Waals surface area contributed by atoms with Crippen molar-refractivity contribution in [2.45, 2.75) is 38.4 Å². The first-order chi connectivity index (χ1) is 15.9. The van der Waals surface area contributed by atoms with Crippen molar-refractivity contribution >= 4 is 22.9 Å². The monoisotopic (exact) mass is 445 g/mol. The van der Waals surface area contributed by atoms with Crippen LogP contribution in [0.4, 0.5) is 0 Å². The molecule has 6 nitrogen and oxygen atoms in total. The van der Waals surface area contributed by atoms with Crippen LogP contribution in [-0.2, 0) is 9.53 Å². The second kappa shape index (κ2) is 8.10. The Morgan fingerprint density at radius 3 is 2.58 bits per heavy atom. The van der Waals surface area contributed by atoms with Gasteiger partial charge in [0.1, 0.15) is 11.4 Å². The van der Waals surface area contributed by atoms with E-state index in [2.05, 4.69) is 11.1 Å². The largest absolute Gasteiger partial charge is 0.493 e. The van der Waals surface area contributed by atoms with Crippen LogP contribution < -0.4 is 14.2 Å². The summed E-state index contributed by atoms with van der Waals surface area (Å²) < 4.78 is 23.2. The third-order valence-corrected chi connectivity index (χ3v) is 6.08. The van der Waals surface area contributed by atoms with Crippen molar-refractivity contribution in [3.05, 3.63) is 65.4 Å². The van der Waals surface area contributed by atoms with E-state index in [1.807, 2.05) is 56.3 Å². The third-order valence-electron chi connectivity index (χ3n) is 6.08. The van der Waals surface area contributed by atoms with E-state index in [4.69, 9.17) is 18.9 Å². The number of esters is 1. The second-order valence-electron chi connectivity index (χ2n) is 9.05. The molecule has 0 radical (unpaired) electrons. The minimum atomic E-state index is -0.588. The Morgan fingerprint density at radius 1 is 1.09 bits per heavy atom. The number of ether oxygens (including phenoxy) is 4. The number of hydrogen-bond acceptors (Lipinski definition) is 6. The summed E-state index contributed by atoms with van der Waals surface area (Å²) in [5.41, 5.74) is 3.05. The number of methoxy groups -OCH3 is 2. The number of benzene rings is 2. The molecule has 1 aliphatic heterocycles. The predicted molar refractivity (Wildman–Crippen MR) is 126 cm³/mol. The molecule has 1 aliphatic carbocycles. The summed E-state index contributed by atoms with van der Waals surface area (Å²) in [5, 5.41) is 0.842. The van der Waals surface area contributed by atoms with E-state index in [9.17, 15) is 4.79 Å². The first kappa shape index (κ1) is 21.3. The van der Waals surface area contributed by atoms with Gasteiger partial charge >= 0.3 is 5.97 Å². The highest BCUT2D eigenvalue weighted by atomic mass is 16.5. The van der Waals surface area contributed by atoms with Crippen molar-refractivity contribution in [3.8, 4) is 17.2 Å². The first-order valence-corrected chi connectivity index (χ1v) is 11.1. The summed E-state index contributed by atoms with van der Waals surface area (Å²) in [4.78, 5) is 17.3. The molecule has 0 N–H and O–H groups in total. The van der Waals surface area contributed by atoms with Gasteiger partial charge in [0.2, 0.25) is 0 Å². The zero-order valence-corrected chi connectivity index (χ0v) is 19.3. The van der Waals surface area contributed by atoms with Crippen LogP contribution in [-0.4, -0.2) is 30.8 Å². The second-order valence-corrected chi connectivity index (χ2v) is 9.05. The SMILES string of the molecule is COc1cc2nccc(C(OC(=O)C3CC3)c3ccc4c(c3)C=CC(C)(C)O4)c2cc1OC. The van der Waals surface area contributed by atoms with Gasteiger partial charge in [0, 0.05) is 28.8 Å². The lowest BCUT2D eigenvalue weighted by atomic mass is 9.94. The predicted octanol–water partition coefficient (Wildman–Crippen LogP) is 5.48. The quantitative estimate of drug-likeness (QED) is 0.468. The zero-order chi connectivity index (χ0) is 23.2. The highest BCUT2D eigenvalue weighted by Crippen LogP contribution is 2.41. The van der Waals surface area contributed by atoms with E-state index in [0.29, 0.717) is 11.5 Å². The van der Waals surface area contributed by atoms with Crippen LogP contribution in [0.2, 0.25) is 0 Å². The Morgan fingerprint density at radius 2 is 1.85 bits per heavy atom. The van der Waals surface area contributed by atoms with E-state index < -0.39 is 6.10 Å². The molecule has 1 atom stereocenters. The molecular weight excluding hydrogens is 418 g/mol. The number of carbonyl (C=O) groups excluding carboxylic acids is 1. The van der Waals surface area contributed by atoms with Gasteiger partial charge in [-0.05, 0) is 62.6 Å². The maximum absolute atomic E-state index is 12.8. The number of nitrogens with zero attached hydrogens (tertiary/aromatic N) is 1. The van der Waals surface area contributed by atoms with Crippen molar-refractivity contribution in [2.24, 2.45) is 5.92 Å². The molecular formula is C27H27NO5. The van der Waals surface area contributed by atoms with Crippen LogP contribution in [0.5, 0.6) is 17.2 Å². The molecule has 2 aliphatic rings. The number of aromatic nitrogens is 1. The van der Waals surface area contributed by atoms with Crippen LogP contribution in [0.3, 0.4) is 0 Å². The smallest absolute Gasteiger partial charge is 0.309 e. The molecule has 0 saturated heterocycles. The number of carbonyl (C=O) groups is 1. The van der Waals surface area contributed by atoms with Crippen LogP contribution in [0, 0.1) is 5.92 Å². The molecule has 170 valence electrons. The molecule has 0 bridgehead atoms. The first-order valence-electron chi connectivity index (χ1n) is 11.1. The highest BCUT2D eigenvalue weighted by molar-refractivity contribution is 5.87. The summed E-state index contributed by atoms with van der Waals surface area (Å²) in [7, 11) is 3.19. The number of rotatable bonds is 6. The van der Waals surface area contributed by atoms with Gasteiger partial charge in [-0.1, -0.05) is 12.1 Å². The standard InChI is InChI=1S/C27H27NO5/c1-27(2)11-9-17-13-18(7-8-22(17)33-27)25(32-26(29)16-5-6-16)19-10-12-28-21-15-24(31-4)23(30-3)14-20(19)21/h7-16,25H,5-6H2,1-4H3. The Bertz CT molecular complexity index is 1260. The summed E-state index contributed by atoms with van der Waals surface area (Å²) in [5.74, 6) is 1.81. The Balaban J connectivity index is 1.63. The molecule has 1 fully saturated rings. The average Bonchev–Trinajstić information content (AvgIpc) is 3.66. The van der Waals surface area contributed by atoms with Crippen LogP contribution in [0.15, 0.2) is 48.7 Å². The van der Waals surface area contributed by atoms with E-state index in [-0.39, 0.29) is 17.5 Å². The minimum absolute atomic E-state index is 0.0168. The lowest BCUT2D eigenvalue weighted by Crippen LogP contribution is -2.27. The summed E-state index contributed by atoms with van der Waals surface area (Å²) in [6.45, 7) is 4.04. The lowest BCUT2D eigenvalue weighted by molar-refractivity contribution is -0.149. The van der Waals surface area contributed by atoms with Gasteiger partial charge in [-0.3, -0.25) is 9.78 Å². The van der Waals surface area contributed by atoms with Gasteiger partial charge in [0.05, 0.1) is 25.7 Å². The number of fused-ring (bicyclic) bond motifs is 2. The fraction of sp³-hybridized carbons (Fsp3) is 0.333. The highest BCUT2D eigenvalue weighted by Gasteiger charge is 2.34. The van der Waals surface area contributed by atoms with Crippen molar-refractivity contribution in [1.82, 2.24) is 4.98 Å². The van der Waals surface area contributed by atoms with Gasteiger partial charge in [-0.2, -0.15) is 0 Å². The summed E-state index contributed by atoms with van der Waals surface area (Å²) in [6.07, 6.45) is 6.98. The Hall–Kier alpha value is -3.54. The van der Waals surface area contributed by atoms with Crippen LogP contribution >= 0.6 is 0 Å². The molecule has 6 heteroatoms. The maximum atomic E-state index is 12.8. The molecule has 2 heterocycles. The van der Waals surface area contributed by atoms with Crippen molar-refractivity contribution in [1.29, 1.82) is 0 Å². The topological polar surface area (TPSA) is 66.9 Å². The fourth-order valence-corrected chi connectivity index (χ4v) is 4.13. The Kier molecular flexibility index (Phi) is 5.23. The zero-order valence-electron chi connectivity index (χ0n) is 19.3. The molecule has 33 heavy (non-hydrogen) atoms. The lowest BCUT2D eigenvalue weighted by Gasteiger charge is -2.29. The average molecular weight is 446 g/mol. The van der Waals surface area contributed by atoms with Crippen molar-refractivity contribution in [3.63, 3.8) is 0 Å². The van der Waals surface area contributed by atoms with Gasteiger partial charge in [-0.15, -0.1) is 0 Å². The number of hydrogen-bond donors (Lipinski definition) is 0. The van der Waals surface area contributed by atoms with E-state index in [1.54, 1.807) is 20.4 Å². The van der Waals surface area contributed by atoms with Gasteiger partial charge in [0.25, 0.3) is 0 Å². The third kappa shape index (κ3) is 4.13. The van der Waals surface area contributed by atoms with Crippen molar-refractivity contribution < 1.29 is 23.7 Å². The normalized spacial score (nSPS) is 17.1. The molecule has 0 amide bonds. The molecule has 5 rings (SSSR count). The van der Waals surface area contributed by atoms with E-state index in [1.165, 1.54) is 0 Å². The van der Waals surface area contributed by atoms with Crippen LogP contribution in [0.1, 0.15) is 49.5 Å². The van der Waals surface area contributed by atoms with Crippen molar-refractivity contribution in [2.75, 3.05) is 14.2 Å². The van der Waals surface area contributed by atoms with Gasteiger partial charge in [0.15, 0.2) is 17.6 Å². The molecule has 1 saturated carbocycles. The van der Waals surface area contributed by atoms with Gasteiger partial charge in [-0.25, -0.2) is 0 Å². The molecule has 1 aromatic heterocycles. The number of pyridine rings is 1. The van der Waals surface area contributed by atoms with E-state index in [0.717, 1.165) is 46.2 Å². The Labute approximate surface area is 193 Å². The maximum Gasteiger partial charge on any atom is 0.309 e. The minimum Gasteiger partial charge on any atom is -0.493 e. The van der Waals surface area contributed by atoms with Gasteiger partial charge < -0.3 is 18.9 Å². The van der Waals surface area contributed by atoms with Crippen LogP contribution in [0.25, 0.3) is 17.0 Å². The fourth-order valence-electron chi connectivity index (χ4n) is 4.13. The van der Waals surface area contributed by atoms with E-state index >= 15 is 0 Å². The summed E-state index contributed by atoms with van der Waals surface area (Å²) in [6, 6.07) is 11.6. The molecule has 3 aromatic rings. The summed E-state index contributed by atoms with van der Waals surface area (Å²) >= 11 is 0. The molecule has 2 aromatic carbocycles. The molecule has 1 unspecified atom stereocenters. The molecule has 0 spiro atoms.